The van der Waals surface area contributed by atoms with E-state index in [4.69, 9.17) is 9.15 Å². The summed E-state index contributed by atoms with van der Waals surface area (Å²) in [5.41, 5.74) is 1.83. The van der Waals surface area contributed by atoms with Crippen molar-refractivity contribution in [1.29, 1.82) is 0 Å². The minimum atomic E-state index is -0.546. The molecule has 2 saturated heterocycles. The largest absolute Gasteiger partial charge is 0.467 e. The highest BCUT2D eigenvalue weighted by Gasteiger charge is 2.33. The second-order valence-corrected chi connectivity index (χ2v) is 7.93. The molecular formula is C22H27FN4O4. The van der Waals surface area contributed by atoms with Crippen LogP contribution in [-0.2, 0) is 9.53 Å². The fraction of sp³-hybridized carbons (Fsp3) is 0.455. The first kappa shape index (κ1) is 21.0. The molecule has 2 aliphatic rings. The number of ether oxygens (including phenoxy) is 1. The molecule has 2 amide bonds. The number of halogens is 1. The van der Waals surface area contributed by atoms with Gasteiger partial charge in [-0.1, -0.05) is 0 Å². The van der Waals surface area contributed by atoms with E-state index in [1.807, 2.05) is 17.9 Å². The Bertz CT molecular complexity index is 963. The average Bonchev–Trinajstić information content (AvgIpc) is 3.32. The number of hydrogen-bond acceptors (Lipinski definition) is 6. The predicted octanol–water partition coefficient (Wildman–Crippen LogP) is 3.62. The number of carbonyl (C=O) groups is 2. The van der Waals surface area contributed by atoms with E-state index in [9.17, 15) is 9.59 Å². The van der Waals surface area contributed by atoms with Gasteiger partial charge in [0.1, 0.15) is 17.7 Å². The van der Waals surface area contributed by atoms with E-state index in [0.29, 0.717) is 11.4 Å². The molecule has 2 aliphatic heterocycles. The number of carbonyl (C=O) groups excluding carboxylic acids is 2. The van der Waals surface area contributed by atoms with E-state index in [2.05, 4.69) is 10.6 Å². The van der Waals surface area contributed by atoms with Crippen LogP contribution in [0.5, 0.6) is 0 Å². The molecule has 1 aromatic carbocycles. The van der Waals surface area contributed by atoms with Gasteiger partial charge in [0.15, 0.2) is 0 Å². The molecule has 166 valence electrons. The van der Waals surface area contributed by atoms with Crippen molar-refractivity contribution < 1.29 is 23.1 Å². The third kappa shape index (κ3) is 4.60. The number of nitrogens with one attached hydrogen (secondary N) is 2. The Kier molecular flexibility index (Phi) is 6.01. The summed E-state index contributed by atoms with van der Waals surface area (Å²) in [6, 6.07) is 6.68. The molecule has 0 radical (unpaired) electrons. The summed E-state index contributed by atoms with van der Waals surface area (Å²) >= 11 is 0. The molecule has 2 fully saturated rings. The number of nitrogens with zero attached hydrogens (tertiary/aromatic N) is 2. The lowest BCUT2D eigenvalue weighted by Crippen LogP contribution is -2.45. The van der Waals surface area contributed by atoms with Crippen molar-refractivity contribution in [2.45, 2.75) is 45.4 Å². The first-order valence-corrected chi connectivity index (χ1v) is 10.5. The summed E-state index contributed by atoms with van der Waals surface area (Å²) in [4.78, 5) is 26.7. The van der Waals surface area contributed by atoms with Crippen LogP contribution in [0.25, 0.3) is 0 Å². The molecule has 31 heavy (non-hydrogen) atoms. The molecule has 2 N–H and O–H groups in total. The van der Waals surface area contributed by atoms with E-state index in [0.717, 1.165) is 37.3 Å². The van der Waals surface area contributed by atoms with Gasteiger partial charge in [-0.25, -0.2) is 9.18 Å². The van der Waals surface area contributed by atoms with Crippen LogP contribution in [-0.4, -0.2) is 43.9 Å². The summed E-state index contributed by atoms with van der Waals surface area (Å²) in [5.74, 6) is 0.205. The molecule has 0 saturated carbocycles. The standard InChI is InChI=1S/C22H27FN4O4/c1-14-19(8-10-30-14)25-21-5-3-4-9-26(21)20-7-6-16(11-18(20)23)27-13-17(31-22(27)29)12-24-15(2)28/h6-8,10-11,17,21,25H,3-5,9,12-13H2,1-2H3,(H,24,28). The maximum absolute atomic E-state index is 15.2. The molecule has 2 unspecified atom stereocenters. The van der Waals surface area contributed by atoms with Crippen LogP contribution in [0.3, 0.4) is 0 Å². The van der Waals surface area contributed by atoms with Gasteiger partial charge in [-0.2, -0.15) is 0 Å². The zero-order valence-electron chi connectivity index (χ0n) is 17.7. The predicted molar refractivity (Wildman–Crippen MR) is 115 cm³/mol. The SMILES string of the molecule is CC(=O)NCC1CN(c2ccc(N3CCCCC3Nc3ccoc3C)c(F)c2)C(=O)O1. The third-order valence-electron chi connectivity index (χ3n) is 5.69. The Morgan fingerprint density at radius 3 is 2.84 bits per heavy atom. The summed E-state index contributed by atoms with van der Waals surface area (Å²) in [5, 5.41) is 6.09. The van der Waals surface area contributed by atoms with Crippen LogP contribution in [0.1, 0.15) is 31.9 Å². The highest BCUT2D eigenvalue weighted by molar-refractivity contribution is 5.90. The van der Waals surface area contributed by atoms with Crippen molar-refractivity contribution in [2.24, 2.45) is 0 Å². The van der Waals surface area contributed by atoms with E-state index in [1.165, 1.54) is 17.9 Å². The van der Waals surface area contributed by atoms with Crippen molar-refractivity contribution in [1.82, 2.24) is 5.32 Å². The van der Waals surface area contributed by atoms with Gasteiger partial charge in [0.25, 0.3) is 0 Å². The minimum absolute atomic E-state index is 0.0517. The molecule has 0 spiro atoms. The average molecular weight is 430 g/mol. The van der Waals surface area contributed by atoms with Crippen molar-refractivity contribution in [3.05, 3.63) is 42.1 Å². The highest BCUT2D eigenvalue weighted by Crippen LogP contribution is 2.32. The van der Waals surface area contributed by atoms with Crippen molar-refractivity contribution in [2.75, 3.05) is 34.8 Å². The second-order valence-electron chi connectivity index (χ2n) is 7.93. The van der Waals surface area contributed by atoms with E-state index in [1.54, 1.807) is 18.4 Å². The van der Waals surface area contributed by atoms with Crippen LogP contribution < -0.4 is 20.4 Å². The second kappa shape index (κ2) is 8.87. The summed E-state index contributed by atoms with van der Waals surface area (Å²) in [7, 11) is 0. The lowest BCUT2D eigenvalue weighted by Gasteiger charge is -2.38. The number of anilines is 3. The Morgan fingerprint density at radius 2 is 2.13 bits per heavy atom. The van der Waals surface area contributed by atoms with E-state index in [-0.39, 0.29) is 25.2 Å². The Morgan fingerprint density at radius 1 is 1.29 bits per heavy atom. The number of hydrogen-bond donors (Lipinski definition) is 2. The molecule has 1 aromatic heterocycles. The topological polar surface area (TPSA) is 87.1 Å². The Balaban J connectivity index is 1.49. The third-order valence-corrected chi connectivity index (χ3v) is 5.69. The van der Waals surface area contributed by atoms with Crippen LogP contribution in [0, 0.1) is 12.7 Å². The summed E-state index contributed by atoms with van der Waals surface area (Å²) in [6.07, 6.45) is 3.49. The monoisotopic (exact) mass is 430 g/mol. The molecule has 3 heterocycles. The lowest BCUT2D eigenvalue weighted by molar-refractivity contribution is -0.119. The minimum Gasteiger partial charge on any atom is -0.467 e. The molecule has 0 bridgehead atoms. The van der Waals surface area contributed by atoms with Gasteiger partial charge < -0.3 is 24.7 Å². The molecule has 8 nitrogen and oxygen atoms in total. The first-order chi connectivity index (χ1) is 14.9. The van der Waals surface area contributed by atoms with Crippen LogP contribution in [0.2, 0.25) is 0 Å². The number of furan rings is 1. The number of benzene rings is 1. The maximum Gasteiger partial charge on any atom is 0.414 e. The Hall–Kier alpha value is -3.23. The fourth-order valence-electron chi connectivity index (χ4n) is 4.08. The lowest BCUT2D eigenvalue weighted by atomic mass is 10.1. The van der Waals surface area contributed by atoms with Gasteiger partial charge in [0, 0.05) is 13.5 Å². The summed E-state index contributed by atoms with van der Waals surface area (Å²) in [6.45, 7) is 4.51. The normalized spacial score (nSPS) is 21.2. The Labute approximate surface area is 180 Å². The van der Waals surface area contributed by atoms with Gasteiger partial charge in [-0.05, 0) is 50.5 Å². The number of aryl methyl sites for hydroxylation is 1. The van der Waals surface area contributed by atoms with Gasteiger partial charge >= 0.3 is 6.09 Å². The maximum atomic E-state index is 15.2. The van der Waals surface area contributed by atoms with Gasteiger partial charge in [-0.15, -0.1) is 0 Å². The van der Waals surface area contributed by atoms with Crippen LogP contribution in [0.15, 0.2) is 34.9 Å². The number of cyclic esters (lactones) is 1. The molecule has 0 aliphatic carbocycles. The van der Waals surface area contributed by atoms with Crippen molar-refractivity contribution in [3.8, 4) is 0 Å². The number of piperidine rings is 1. The molecule has 9 heteroatoms. The summed E-state index contributed by atoms with van der Waals surface area (Å²) < 4.78 is 25.8. The van der Waals surface area contributed by atoms with Crippen LogP contribution >= 0.6 is 0 Å². The van der Waals surface area contributed by atoms with Crippen LogP contribution in [0.4, 0.5) is 26.2 Å². The quantitative estimate of drug-likeness (QED) is 0.728. The van der Waals surface area contributed by atoms with Gasteiger partial charge in [0.2, 0.25) is 5.91 Å². The molecular weight excluding hydrogens is 403 g/mol. The molecule has 2 atom stereocenters. The number of amides is 2. The number of rotatable bonds is 6. The highest BCUT2D eigenvalue weighted by atomic mass is 19.1. The van der Waals surface area contributed by atoms with E-state index < -0.39 is 18.0 Å². The fourth-order valence-corrected chi connectivity index (χ4v) is 4.08. The first-order valence-electron chi connectivity index (χ1n) is 10.5. The zero-order chi connectivity index (χ0) is 22.0. The van der Waals surface area contributed by atoms with Gasteiger partial charge in [0.05, 0.1) is 42.6 Å². The molecule has 2 aromatic rings. The molecule has 4 rings (SSSR count). The smallest absolute Gasteiger partial charge is 0.414 e. The van der Waals surface area contributed by atoms with Crippen molar-refractivity contribution >= 4 is 29.1 Å². The van der Waals surface area contributed by atoms with E-state index >= 15 is 4.39 Å². The van der Waals surface area contributed by atoms with Crippen molar-refractivity contribution in [3.63, 3.8) is 0 Å². The van der Waals surface area contributed by atoms with Gasteiger partial charge in [-0.3, -0.25) is 9.69 Å². The zero-order valence-corrected chi connectivity index (χ0v) is 17.7.